The number of carbonyl (C=O) groups excluding carboxylic acids is 2. The highest BCUT2D eigenvalue weighted by Gasteiger charge is 2.48. The lowest BCUT2D eigenvalue weighted by Gasteiger charge is -2.38. The lowest BCUT2D eigenvalue weighted by molar-refractivity contribution is -0.150. The number of nitrogens with zero attached hydrogens (tertiary/aromatic N) is 2. The van der Waals surface area contributed by atoms with E-state index in [-0.39, 0.29) is 18.4 Å². The molecule has 5 nitrogen and oxygen atoms in total. The van der Waals surface area contributed by atoms with Gasteiger partial charge in [-0.15, -0.1) is 0 Å². The SMILES string of the molecule is CCOC(=O)CN1C(=O)C(c2ccccc2)=NC12CCCCC2. The van der Waals surface area contributed by atoms with Gasteiger partial charge in [0.1, 0.15) is 17.9 Å². The number of esters is 1. The summed E-state index contributed by atoms with van der Waals surface area (Å²) in [5.74, 6) is -0.526. The second kappa shape index (κ2) is 6.52. The third-order valence-corrected chi connectivity index (χ3v) is 4.56. The predicted molar refractivity (Wildman–Crippen MR) is 87.1 cm³/mol. The van der Waals surface area contributed by atoms with Crippen LogP contribution in [0.4, 0.5) is 0 Å². The fourth-order valence-electron chi connectivity index (χ4n) is 3.47. The Morgan fingerprint density at radius 1 is 1.22 bits per heavy atom. The summed E-state index contributed by atoms with van der Waals surface area (Å²) >= 11 is 0. The predicted octanol–water partition coefficient (Wildman–Crippen LogP) is 2.54. The molecule has 1 aromatic carbocycles. The highest BCUT2D eigenvalue weighted by atomic mass is 16.5. The molecule has 0 aromatic heterocycles. The third-order valence-electron chi connectivity index (χ3n) is 4.56. The molecule has 1 amide bonds. The van der Waals surface area contributed by atoms with E-state index in [1.165, 1.54) is 0 Å². The van der Waals surface area contributed by atoms with Crippen LogP contribution in [-0.4, -0.2) is 41.3 Å². The minimum Gasteiger partial charge on any atom is -0.465 e. The molecular formula is C18H22N2O3. The summed E-state index contributed by atoms with van der Waals surface area (Å²) in [5, 5.41) is 0. The molecule has 0 saturated heterocycles. The average molecular weight is 314 g/mol. The Hall–Kier alpha value is -2.17. The van der Waals surface area contributed by atoms with Crippen LogP contribution in [0.15, 0.2) is 35.3 Å². The smallest absolute Gasteiger partial charge is 0.325 e. The Morgan fingerprint density at radius 2 is 1.91 bits per heavy atom. The van der Waals surface area contributed by atoms with Crippen LogP contribution in [0.1, 0.15) is 44.6 Å². The molecule has 1 aliphatic heterocycles. The summed E-state index contributed by atoms with van der Waals surface area (Å²) in [5.41, 5.74) is 0.721. The molecule has 0 bridgehead atoms. The molecule has 1 saturated carbocycles. The molecule has 3 rings (SSSR count). The molecule has 1 fully saturated rings. The van der Waals surface area contributed by atoms with Crippen molar-refractivity contribution in [2.75, 3.05) is 13.2 Å². The molecule has 1 aromatic rings. The third kappa shape index (κ3) is 3.00. The molecule has 0 N–H and O–H groups in total. The van der Waals surface area contributed by atoms with Crippen LogP contribution >= 0.6 is 0 Å². The number of rotatable bonds is 4. The standard InChI is InChI=1S/C18H22N2O3/c1-2-23-15(21)13-20-17(22)16(14-9-5-3-6-10-14)19-18(20)11-7-4-8-12-18/h3,5-6,9-10H,2,4,7-8,11-13H2,1H3. The zero-order chi connectivity index (χ0) is 16.3. The molecule has 1 aliphatic carbocycles. The van der Waals surface area contributed by atoms with Crippen molar-refractivity contribution in [3.63, 3.8) is 0 Å². The first kappa shape index (κ1) is 15.7. The van der Waals surface area contributed by atoms with Gasteiger partial charge in [-0.05, 0) is 32.6 Å². The topological polar surface area (TPSA) is 59.0 Å². The van der Waals surface area contributed by atoms with Gasteiger partial charge in [-0.2, -0.15) is 0 Å². The normalized spacial score (nSPS) is 19.8. The zero-order valence-corrected chi connectivity index (χ0v) is 13.5. The molecule has 1 heterocycles. The molecule has 0 radical (unpaired) electrons. The fraction of sp³-hybridized carbons (Fsp3) is 0.500. The number of ether oxygens (including phenoxy) is 1. The Balaban J connectivity index is 1.92. The quantitative estimate of drug-likeness (QED) is 0.803. The number of benzene rings is 1. The largest absolute Gasteiger partial charge is 0.465 e. The van der Waals surface area contributed by atoms with Crippen molar-refractivity contribution in [2.45, 2.75) is 44.7 Å². The zero-order valence-electron chi connectivity index (χ0n) is 13.5. The van der Waals surface area contributed by atoms with Gasteiger partial charge < -0.3 is 9.64 Å². The molecule has 2 aliphatic rings. The number of hydrogen-bond donors (Lipinski definition) is 0. The van der Waals surface area contributed by atoms with Crippen LogP contribution in [0.3, 0.4) is 0 Å². The monoisotopic (exact) mass is 314 g/mol. The average Bonchev–Trinajstić information content (AvgIpc) is 2.83. The minimum atomic E-state index is -0.562. The van der Waals surface area contributed by atoms with Crippen molar-refractivity contribution in [3.05, 3.63) is 35.9 Å². The first-order valence-corrected chi connectivity index (χ1v) is 8.29. The molecule has 0 unspecified atom stereocenters. The first-order chi connectivity index (χ1) is 11.2. The Morgan fingerprint density at radius 3 is 2.57 bits per heavy atom. The maximum atomic E-state index is 12.9. The molecule has 0 atom stereocenters. The van der Waals surface area contributed by atoms with Crippen LogP contribution in [0.2, 0.25) is 0 Å². The van der Waals surface area contributed by atoms with Gasteiger partial charge in [-0.3, -0.25) is 14.6 Å². The maximum Gasteiger partial charge on any atom is 0.325 e. The van der Waals surface area contributed by atoms with Crippen molar-refractivity contribution in [1.29, 1.82) is 0 Å². The van der Waals surface area contributed by atoms with E-state index in [2.05, 4.69) is 0 Å². The Kier molecular flexibility index (Phi) is 4.46. The summed E-state index contributed by atoms with van der Waals surface area (Å²) in [7, 11) is 0. The second-order valence-corrected chi connectivity index (χ2v) is 6.07. The van der Waals surface area contributed by atoms with Crippen molar-refractivity contribution in [3.8, 4) is 0 Å². The number of carbonyl (C=O) groups is 2. The lowest BCUT2D eigenvalue weighted by Crippen LogP contribution is -2.50. The summed E-state index contributed by atoms with van der Waals surface area (Å²) in [6.07, 6.45) is 4.83. The summed E-state index contributed by atoms with van der Waals surface area (Å²) in [4.78, 5) is 31.3. The number of hydrogen-bond acceptors (Lipinski definition) is 4. The van der Waals surface area contributed by atoms with E-state index in [9.17, 15) is 9.59 Å². The van der Waals surface area contributed by atoms with Crippen LogP contribution in [0.25, 0.3) is 0 Å². The van der Waals surface area contributed by atoms with Gasteiger partial charge in [0.15, 0.2) is 0 Å². The van der Waals surface area contributed by atoms with E-state index in [0.29, 0.717) is 12.3 Å². The van der Waals surface area contributed by atoms with Crippen molar-refractivity contribution < 1.29 is 14.3 Å². The number of amides is 1. The van der Waals surface area contributed by atoms with Crippen molar-refractivity contribution >= 4 is 17.6 Å². The molecule has 5 heteroatoms. The van der Waals surface area contributed by atoms with Crippen LogP contribution < -0.4 is 0 Å². The fourth-order valence-corrected chi connectivity index (χ4v) is 3.47. The maximum absolute atomic E-state index is 12.9. The number of aliphatic imine (C=N–C) groups is 1. The van der Waals surface area contributed by atoms with Gasteiger partial charge in [0.25, 0.3) is 5.91 Å². The van der Waals surface area contributed by atoms with Gasteiger partial charge in [0.2, 0.25) is 0 Å². The van der Waals surface area contributed by atoms with E-state index in [1.807, 2.05) is 30.3 Å². The van der Waals surface area contributed by atoms with E-state index in [0.717, 1.165) is 37.7 Å². The highest BCUT2D eigenvalue weighted by molar-refractivity contribution is 6.47. The van der Waals surface area contributed by atoms with Gasteiger partial charge in [0.05, 0.1) is 6.61 Å². The summed E-state index contributed by atoms with van der Waals surface area (Å²) in [6.45, 7) is 2.07. The molecule has 1 spiro atoms. The van der Waals surface area contributed by atoms with E-state index >= 15 is 0 Å². The second-order valence-electron chi connectivity index (χ2n) is 6.07. The highest BCUT2D eigenvalue weighted by Crippen LogP contribution is 2.39. The van der Waals surface area contributed by atoms with Crippen molar-refractivity contribution in [2.24, 2.45) is 4.99 Å². The molecule has 122 valence electrons. The van der Waals surface area contributed by atoms with Crippen LogP contribution in [0.5, 0.6) is 0 Å². The van der Waals surface area contributed by atoms with Gasteiger partial charge in [0, 0.05) is 5.56 Å². The van der Waals surface area contributed by atoms with Crippen LogP contribution in [-0.2, 0) is 14.3 Å². The minimum absolute atomic E-state index is 0.0213. The molecule has 23 heavy (non-hydrogen) atoms. The van der Waals surface area contributed by atoms with Crippen molar-refractivity contribution in [1.82, 2.24) is 4.90 Å². The van der Waals surface area contributed by atoms with E-state index in [4.69, 9.17) is 9.73 Å². The van der Waals surface area contributed by atoms with Crippen LogP contribution in [0, 0.1) is 0 Å². The molecular weight excluding hydrogens is 292 g/mol. The van der Waals surface area contributed by atoms with E-state index < -0.39 is 5.66 Å². The van der Waals surface area contributed by atoms with Gasteiger partial charge in [-0.1, -0.05) is 36.8 Å². The first-order valence-electron chi connectivity index (χ1n) is 8.29. The van der Waals surface area contributed by atoms with E-state index in [1.54, 1.807) is 11.8 Å². The van der Waals surface area contributed by atoms with Gasteiger partial charge in [-0.25, -0.2) is 0 Å². The lowest BCUT2D eigenvalue weighted by atomic mass is 9.88. The Bertz CT molecular complexity index is 618. The Labute approximate surface area is 136 Å². The van der Waals surface area contributed by atoms with Gasteiger partial charge >= 0.3 is 5.97 Å². The summed E-state index contributed by atoms with van der Waals surface area (Å²) < 4.78 is 5.04. The summed E-state index contributed by atoms with van der Waals surface area (Å²) in [6, 6.07) is 9.48.